The van der Waals surface area contributed by atoms with Crippen LogP contribution in [0.4, 0.5) is 11.9 Å². The maximum Gasteiger partial charge on any atom is 0.323 e. The molecule has 0 fully saturated rings. The van der Waals surface area contributed by atoms with Crippen molar-refractivity contribution in [3.63, 3.8) is 0 Å². The summed E-state index contributed by atoms with van der Waals surface area (Å²) >= 11 is 0. The van der Waals surface area contributed by atoms with Crippen LogP contribution in [-0.2, 0) is 4.74 Å². The van der Waals surface area contributed by atoms with E-state index in [1.807, 2.05) is 25.8 Å². The Hall–Kier alpha value is -1.63. The molecule has 0 aromatic carbocycles. The van der Waals surface area contributed by atoms with E-state index < -0.39 is 0 Å². The van der Waals surface area contributed by atoms with Gasteiger partial charge in [0, 0.05) is 27.2 Å². The van der Waals surface area contributed by atoms with Crippen molar-refractivity contribution in [2.24, 2.45) is 0 Å². The van der Waals surface area contributed by atoms with Crippen LogP contribution < -0.4 is 15.0 Å². The molecule has 7 nitrogen and oxygen atoms in total. The van der Waals surface area contributed by atoms with Crippen LogP contribution in [0.5, 0.6) is 6.01 Å². The lowest BCUT2D eigenvalue weighted by Crippen LogP contribution is -2.25. The van der Waals surface area contributed by atoms with Crippen LogP contribution in [0.2, 0.25) is 0 Å². The molecule has 0 saturated heterocycles. The minimum Gasteiger partial charge on any atom is -0.463 e. The minimum absolute atomic E-state index is 0.347. The van der Waals surface area contributed by atoms with Gasteiger partial charge in [0.2, 0.25) is 11.9 Å². The van der Waals surface area contributed by atoms with Crippen LogP contribution >= 0.6 is 0 Å². The first kappa shape index (κ1) is 15.4. The third-order valence-electron chi connectivity index (χ3n) is 2.38. The highest BCUT2D eigenvalue weighted by Gasteiger charge is 2.10. The van der Waals surface area contributed by atoms with Crippen molar-refractivity contribution in [2.45, 2.75) is 20.3 Å². The number of aromatic nitrogens is 3. The number of rotatable bonds is 9. The Morgan fingerprint density at radius 2 is 1.95 bits per heavy atom. The van der Waals surface area contributed by atoms with E-state index in [1.165, 1.54) is 0 Å². The molecular weight excluding hydrogens is 246 g/mol. The lowest BCUT2D eigenvalue weighted by molar-refractivity contribution is 0.154. The van der Waals surface area contributed by atoms with Crippen molar-refractivity contribution >= 4 is 11.9 Å². The fraction of sp³-hybridized carbons (Fsp3) is 0.750. The van der Waals surface area contributed by atoms with Gasteiger partial charge in [-0.2, -0.15) is 15.0 Å². The first-order chi connectivity index (χ1) is 9.21. The van der Waals surface area contributed by atoms with Gasteiger partial charge >= 0.3 is 6.01 Å². The third-order valence-corrected chi connectivity index (χ3v) is 2.38. The third kappa shape index (κ3) is 5.25. The standard InChI is InChI=1S/C12H23N5O2/c1-5-8-19-12-15-10(13-3)14-11(16-12)17(4)7-9-18-6-2/h5-9H2,1-4H3,(H,13,14,15,16). The maximum atomic E-state index is 5.45. The van der Waals surface area contributed by atoms with E-state index in [4.69, 9.17) is 9.47 Å². The van der Waals surface area contributed by atoms with Gasteiger partial charge in [0.25, 0.3) is 0 Å². The van der Waals surface area contributed by atoms with Crippen LogP contribution in [-0.4, -0.2) is 55.4 Å². The highest BCUT2D eigenvalue weighted by molar-refractivity contribution is 5.37. The molecule has 1 aromatic rings. The van der Waals surface area contributed by atoms with E-state index >= 15 is 0 Å². The van der Waals surface area contributed by atoms with Crippen molar-refractivity contribution in [1.29, 1.82) is 0 Å². The molecule has 0 amide bonds. The largest absolute Gasteiger partial charge is 0.463 e. The highest BCUT2D eigenvalue weighted by Crippen LogP contribution is 2.13. The van der Waals surface area contributed by atoms with E-state index in [9.17, 15) is 0 Å². The van der Waals surface area contributed by atoms with Gasteiger partial charge in [-0.3, -0.25) is 0 Å². The fourth-order valence-corrected chi connectivity index (χ4v) is 1.33. The first-order valence-corrected chi connectivity index (χ1v) is 6.56. The van der Waals surface area contributed by atoms with Crippen molar-refractivity contribution in [1.82, 2.24) is 15.0 Å². The fourth-order valence-electron chi connectivity index (χ4n) is 1.33. The molecule has 1 N–H and O–H groups in total. The first-order valence-electron chi connectivity index (χ1n) is 6.56. The van der Waals surface area contributed by atoms with Gasteiger partial charge in [-0.05, 0) is 13.3 Å². The molecule has 1 aromatic heterocycles. The summed E-state index contributed by atoms with van der Waals surface area (Å²) in [7, 11) is 3.68. The van der Waals surface area contributed by atoms with Crippen molar-refractivity contribution in [3.8, 4) is 6.01 Å². The highest BCUT2D eigenvalue weighted by atomic mass is 16.5. The molecule has 0 aliphatic rings. The van der Waals surface area contributed by atoms with E-state index in [0.717, 1.165) is 6.42 Å². The molecule has 108 valence electrons. The van der Waals surface area contributed by atoms with E-state index in [-0.39, 0.29) is 0 Å². The van der Waals surface area contributed by atoms with Gasteiger partial charge in [-0.25, -0.2) is 0 Å². The Bertz CT molecular complexity index is 375. The molecule has 0 unspecified atom stereocenters. The van der Waals surface area contributed by atoms with Crippen LogP contribution in [0, 0.1) is 0 Å². The monoisotopic (exact) mass is 269 g/mol. The van der Waals surface area contributed by atoms with Crippen LogP contribution in [0.25, 0.3) is 0 Å². The van der Waals surface area contributed by atoms with Gasteiger partial charge in [-0.15, -0.1) is 0 Å². The van der Waals surface area contributed by atoms with Crippen molar-refractivity contribution in [3.05, 3.63) is 0 Å². The van der Waals surface area contributed by atoms with E-state index in [2.05, 4.69) is 20.3 Å². The lowest BCUT2D eigenvalue weighted by atomic mass is 10.5. The number of anilines is 2. The summed E-state index contributed by atoms with van der Waals surface area (Å²) in [6.07, 6.45) is 0.913. The lowest BCUT2D eigenvalue weighted by Gasteiger charge is -2.17. The number of nitrogens with one attached hydrogen (secondary N) is 1. The summed E-state index contributed by atoms with van der Waals surface area (Å²) in [5.41, 5.74) is 0. The number of ether oxygens (including phenoxy) is 2. The molecule has 0 aliphatic carbocycles. The molecule has 0 radical (unpaired) electrons. The number of hydrogen-bond acceptors (Lipinski definition) is 7. The van der Waals surface area contributed by atoms with Crippen molar-refractivity contribution in [2.75, 3.05) is 50.7 Å². The normalized spacial score (nSPS) is 10.3. The van der Waals surface area contributed by atoms with Gasteiger partial charge < -0.3 is 19.7 Å². The maximum absolute atomic E-state index is 5.45. The zero-order valence-corrected chi connectivity index (χ0v) is 12.1. The van der Waals surface area contributed by atoms with Gasteiger partial charge in [-0.1, -0.05) is 6.92 Å². The SMILES string of the molecule is CCCOc1nc(NC)nc(N(C)CCOCC)n1. The second kappa shape index (κ2) is 8.47. The van der Waals surface area contributed by atoms with E-state index in [0.29, 0.717) is 44.3 Å². The average molecular weight is 269 g/mol. The molecule has 19 heavy (non-hydrogen) atoms. The smallest absolute Gasteiger partial charge is 0.323 e. The topological polar surface area (TPSA) is 72.4 Å². The number of hydrogen-bond donors (Lipinski definition) is 1. The molecule has 0 bridgehead atoms. The zero-order chi connectivity index (χ0) is 14.1. The van der Waals surface area contributed by atoms with Crippen LogP contribution in [0.3, 0.4) is 0 Å². The van der Waals surface area contributed by atoms with Crippen molar-refractivity contribution < 1.29 is 9.47 Å². The molecular formula is C12H23N5O2. The molecule has 0 atom stereocenters. The Labute approximate surface area is 114 Å². The molecule has 0 spiro atoms. The Balaban J connectivity index is 2.74. The predicted octanol–water partition coefficient (Wildman–Crippen LogP) is 1.17. The predicted molar refractivity (Wildman–Crippen MR) is 74.9 cm³/mol. The summed E-state index contributed by atoms with van der Waals surface area (Å²) in [6, 6.07) is 0.347. The zero-order valence-electron chi connectivity index (χ0n) is 12.1. The van der Waals surface area contributed by atoms with E-state index in [1.54, 1.807) is 7.05 Å². The molecule has 1 heterocycles. The van der Waals surface area contributed by atoms with Gasteiger partial charge in [0.15, 0.2) is 0 Å². The summed E-state index contributed by atoms with van der Waals surface area (Å²) in [6.45, 7) is 6.66. The summed E-state index contributed by atoms with van der Waals surface area (Å²) in [5, 5.41) is 2.91. The molecule has 0 aliphatic heterocycles. The van der Waals surface area contributed by atoms with Gasteiger partial charge in [0.1, 0.15) is 0 Å². The summed E-state index contributed by atoms with van der Waals surface area (Å²) in [4.78, 5) is 14.6. The minimum atomic E-state index is 0.347. The number of nitrogens with zero attached hydrogens (tertiary/aromatic N) is 4. The van der Waals surface area contributed by atoms with Gasteiger partial charge in [0.05, 0.1) is 13.2 Å². The molecule has 7 heteroatoms. The summed E-state index contributed by atoms with van der Waals surface area (Å²) in [5.74, 6) is 1.07. The Morgan fingerprint density at radius 1 is 1.16 bits per heavy atom. The second-order valence-electron chi connectivity index (χ2n) is 3.96. The Morgan fingerprint density at radius 3 is 2.58 bits per heavy atom. The number of likely N-dealkylation sites (N-methyl/N-ethyl adjacent to an activating group) is 1. The van der Waals surface area contributed by atoms with Crippen LogP contribution in [0.15, 0.2) is 0 Å². The quantitative estimate of drug-likeness (QED) is 0.675. The Kier molecular flexibility index (Phi) is 6.88. The average Bonchev–Trinajstić information content (AvgIpc) is 2.44. The molecule has 0 saturated carbocycles. The molecule has 1 rings (SSSR count). The summed E-state index contributed by atoms with van der Waals surface area (Å²) < 4.78 is 10.8. The van der Waals surface area contributed by atoms with Crippen LogP contribution in [0.1, 0.15) is 20.3 Å². The second-order valence-corrected chi connectivity index (χ2v) is 3.96.